The molecule has 1 aliphatic heterocycles. The Kier molecular flexibility index (Phi) is 3.05. The number of anilines is 1. The summed E-state index contributed by atoms with van der Waals surface area (Å²) in [6.07, 6.45) is 3.98. The summed E-state index contributed by atoms with van der Waals surface area (Å²) in [6, 6.07) is 15.8. The van der Waals surface area contributed by atoms with Crippen molar-refractivity contribution in [1.82, 2.24) is 4.90 Å². The summed E-state index contributed by atoms with van der Waals surface area (Å²) >= 11 is 0. The number of hydrogen-bond donors (Lipinski definition) is 1. The number of nitrogens with one attached hydrogen (secondary N) is 1. The topological polar surface area (TPSA) is 39.1 Å². The molecule has 2 aromatic rings. The van der Waals surface area contributed by atoms with Gasteiger partial charge in [0.15, 0.2) is 0 Å². The fourth-order valence-electron chi connectivity index (χ4n) is 3.42. The average molecular weight is 277 g/mol. The molecule has 4 rings (SSSR count). The highest BCUT2D eigenvalue weighted by atomic mass is 15.2. The van der Waals surface area contributed by atoms with E-state index in [0.29, 0.717) is 6.04 Å². The number of benzene rings is 2. The third-order valence-corrected chi connectivity index (χ3v) is 4.69. The van der Waals surface area contributed by atoms with Crippen molar-refractivity contribution in [1.29, 1.82) is 5.26 Å². The van der Waals surface area contributed by atoms with Gasteiger partial charge in [-0.3, -0.25) is 4.90 Å². The highest BCUT2D eigenvalue weighted by molar-refractivity contribution is 5.97. The Hall–Kier alpha value is -2.05. The first-order valence-electron chi connectivity index (χ1n) is 7.77. The van der Waals surface area contributed by atoms with E-state index in [0.717, 1.165) is 34.6 Å². The smallest absolute Gasteiger partial charge is 0.0998 e. The zero-order valence-corrected chi connectivity index (χ0v) is 12.0. The predicted octanol–water partition coefficient (Wildman–Crippen LogP) is 3.36. The maximum Gasteiger partial charge on any atom is 0.0998 e. The van der Waals surface area contributed by atoms with Crippen LogP contribution in [0, 0.1) is 11.3 Å². The van der Waals surface area contributed by atoms with Crippen LogP contribution in [-0.2, 0) is 0 Å². The van der Waals surface area contributed by atoms with Crippen LogP contribution in [0.3, 0.4) is 0 Å². The maximum atomic E-state index is 9.24. The van der Waals surface area contributed by atoms with Gasteiger partial charge in [-0.1, -0.05) is 24.3 Å². The van der Waals surface area contributed by atoms with Gasteiger partial charge in [-0.25, -0.2) is 0 Å². The predicted molar refractivity (Wildman–Crippen MR) is 85.3 cm³/mol. The van der Waals surface area contributed by atoms with Crippen LogP contribution in [0.15, 0.2) is 36.4 Å². The molecule has 3 nitrogen and oxygen atoms in total. The Morgan fingerprint density at radius 3 is 2.62 bits per heavy atom. The summed E-state index contributed by atoms with van der Waals surface area (Å²) in [5.74, 6) is 0. The highest BCUT2D eigenvalue weighted by Crippen LogP contribution is 2.32. The van der Waals surface area contributed by atoms with Gasteiger partial charge in [0.2, 0.25) is 0 Å². The van der Waals surface area contributed by atoms with E-state index in [4.69, 9.17) is 0 Å². The molecule has 0 amide bonds. The molecule has 1 saturated carbocycles. The lowest BCUT2D eigenvalue weighted by atomic mass is 10.0. The highest BCUT2D eigenvalue weighted by Gasteiger charge is 2.34. The lowest BCUT2D eigenvalue weighted by Gasteiger charge is -2.18. The first kappa shape index (κ1) is 12.7. The van der Waals surface area contributed by atoms with Crippen molar-refractivity contribution in [2.75, 3.05) is 18.4 Å². The normalized spacial score (nSPS) is 22.3. The Labute approximate surface area is 125 Å². The van der Waals surface area contributed by atoms with Crippen LogP contribution in [0.4, 0.5) is 5.69 Å². The van der Waals surface area contributed by atoms with E-state index in [-0.39, 0.29) is 0 Å². The lowest BCUT2D eigenvalue weighted by molar-refractivity contribution is 0.326. The van der Waals surface area contributed by atoms with E-state index < -0.39 is 0 Å². The fraction of sp³-hybridized carbons (Fsp3) is 0.389. The summed E-state index contributed by atoms with van der Waals surface area (Å²) in [7, 11) is 0. The fourth-order valence-corrected chi connectivity index (χ4v) is 3.42. The molecule has 1 saturated heterocycles. The second kappa shape index (κ2) is 5.05. The molecule has 2 aliphatic rings. The second-order valence-electron chi connectivity index (χ2n) is 6.17. The minimum atomic E-state index is 0.530. The Morgan fingerprint density at radius 1 is 1.05 bits per heavy atom. The first-order chi connectivity index (χ1) is 10.3. The number of likely N-dealkylation sites (tertiary alicyclic amines) is 1. The minimum absolute atomic E-state index is 0.530. The van der Waals surface area contributed by atoms with E-state index in [1.54, 1.807) is 0 Å². The summed E-state index contributed by atoms with van der Waals surface area (Å²) < 4.78 is 0. The van der Waals surface area contributed by atoms with Crippen LogP contribution < -0.4 is 5.32 Å². The van der Waals surface area contributed by atoms with Crippen molar-refractivity contribution in [2.45, 2.75) is 31.3 Å². The van der Waals surface area contributed by atoms with Crippen LogP contribution in [-0.4, -0.2) is 30.1 Å². The number of hydrogen-bond acceptors (Lipinski definition) is 3. The van der Waals surface area contributed by atoms with Gasteiger partial charge in [-0.2, -0.15) is 5.26 Å². The van der Waals surface area contributed by atoms with E-state index in [1.165, 1.54) is 25.8 Å². The Balaban J connectivity index is 1.61. The van der Waals surface area contributed by atoms with Crippen molar-refractivity contribution < 1.29 is 0 Å². The van der Waals surface area contributed by atoms with Gasteiger partial charge in [0.1, 0.15) is 0 Å². The molecule has 1 N–H and O–H groups in total. The van der Waals surface area contributed by atoms with E-state index in [9.17, 15) is 5.26 Å². The lowest BCUT2D eigenvalue weighted by Crippen LogP contribution is -2.27. The summed E-state index contributed by atoms with van der Waals surface area (Å²) in [5.41, 5.74) is 1.91. The zero-order valence-electron chi connectivity index (χ0n) is 12.0. The molecule has 1 heterocycles. The van der Waals surface area contributed by atoms with E-state index in [2.05, 4.69) is 28.4 Å². The van der Waals surface area contributed by atoms with Gasteiger partial charge >= 0.3 is 0 Å². The first-order valence-corrected chi connectivity index (χ1v) is 7.77. The maximum absolute atomic E-state index is 9.24. The Morgan fingerprint density at radius 2 is 1.86 bits per heavy atom. The minimum Gasteiger partial charge on any atom is -0.380 e. The molecule has 0 spiro atoms. The van der Waals surface area contributed by atoms with Gasteiger partial charge in [0.25, 0.3) is 0 Å². The standard InChI is InChI=1S/C18H19N3/c19-11-13-5-8-18(17-4-2-1-3-16(13)17)20-14-9-10-21(12-14)15-6-7-15/h1-5,8,14-15,20H,6-7,9-10,12H2. The van der Waals surface area contributed by atoms with Gasteiger partial charge < -0.3 is 5.32 Å². The quantitative estimate of drug-likeness (QED) is 0.935. The van der Waals surface area contributed by atoms with E-state index in [1.807, 2.05) is 24.3 Å². The molecule has 1 unspecified atom stereocenters. The molecule has 106 valence electrons. The van der Waals surface area contributed by atoms with Gasteiger partial charge in [0.05, 0.1) is 11.6 Å². The van der Waals surface area contributed by atoms with Crippen LogP contribution in [0.25, 0.3) is 10.8 Å². The molecule has 21 heavy (non-hydrogen) atoms. The van der Waals surface area contributed by atoms with Crippen LogP contribution in [0.5, 0.6) is 0 Å². The van der Waals surface area contributed by atoms with Gasteiger partial charge in [-0.15, -0.1) is 0 Å². The molecule has 0 aromatic heterocycles. The molecular weight excluding hydrogens is 258 g/mol. The van der Waals surface area contributed by atoms with Crippen LogP contribution in [0.1, 0.15) is 24.8 Å². The van der Waals surface area contributed by atoms with Gasteiger partial charge in [-0.05, 0) is 31.4 Å². The van der Waals surface area contributed by atoms with Crippen molar-refractivity contribution in [3.8, 4) is 6.07 Å². The largest absolute Gasteiger partial charge is 0.380 e. The van der Waals surface area contributed by atoms with Crippen LogP contribution >= 0.6 is 0 Å². The monoisotopic (exact) mass is 277 g/mol. The molecule has 2 aromatic carbocycles. The summed E-state index contributed by atoms with van der Waals surface area (Å²) in [4.78, 5) is 2.61. The number of nitrogens with zero attached hydrogens (tertiary/aromatic N) is 2. The van der Waals surface area contributed by atoms with Crippen LogP contribution in [0.2, 0.25) is 0 Å². The van der Waals surface area contributed by atoms with Crippen molar-refractivity contribution >= 4 is 16.5 Å². The van der Waals surface area contributed by atoms with Gasteiger partial charge in [0, 0.05) is 41.6 Å². The van der Waals surface area contributed by atoms with Crippen molar-refractivity contribution in [3.63, 3.8) is 0 Å². The molecule has 3 heteroatoms. The molecular formula is C18H19N3. The second-order valence-corrected chi connectivity index (χ2v) is 6.17. The molecule has 0 bridgehead atoms. The van der Waals surface area contributed by atoms with E-state index >= 15 is 0 Å². The molecule has 2 fully saturated rings. The Bertz CT molecular complexity index is 712. The number of rotatable bonds is 3. The molecule has 0 radical (unpaired) electrons. The third-order valence-electron chi connectivity index (χ3n) is 4.69. The SMILES string of the molecule is N#Cc1ccc(NC2CCN(C3CC3)C2)c2ccccc12. The third kappa shape index (κ3) is 2.36. The van der Waals surface area contributed by atoms with Crippen molar-refractivity contribution in [2.24, 2.45) is 0 Å². The summed E-state index contributed by atoms with van der Waals surface area (Å²) in [5, 5.41) is 15.1. The zero-order chi connectivity index (χ0) is 14.2. The number of nitriles is 1. The van der Waals surface area contributed by atoms with Crippen molar-refractivity contribution in [3.05, 3.63) is 42.0 Å². The average Bonchev–Trinajstić information content (AvgIpc) is 3.28. The molecule has 1 atom stereocenters. The number of fused-ring (bicyclic) bond motifs is 1. The summed E-state index contributed by atoms with van der Waals surface area (Å²) in [6.45, 7) is 2.37. The molecule has 1 aliphatic carbocycles.